The SMILES string of the molecule is Cl.Cl.O=C1CC=Nc2ccccc21. The molecule has 1 aromatic rings. The number of aliphatic imine (C=N–C) groups is 1. The molecule has 0 aromatic heterocycles. The molecule has 0 N–H and O–H groups in total. The summed E-state index contributed by atoms with van der Waals surface area (Å²) < 4.78 is 0. The van der Waals surface area contributed by atoms with Crippen LogP contribution in [0.5, 0.6) is 0 Å². The number of ketones is 1. The predicted molar refractivity (Wildman–Crippen MR) is 58.0 cm³/mol. The van der Waals surface area contributed by atoms with E-state index in [1.807, 2.05) is 24.3 Å². The number of para-hydroxylation sites is 1. The lowest BCUT2D eigenvalue weighted by atomic mass is 10.0. The molecule has 0 bridgehead atoms. The fourth-order valence-electron chi connectivity index (χ4n) is 1.16. The number of benzene rings is 1. The van der Waals surface area contributed by atoms with Gasteiger partial charge < -0.3 is 0 Å². The van der Waals surface area contributed by atoms with Crippen molar-refractivity contribution in [2.24, 2.45) is 4.99 Å². The minimum absolute atomic E-state index is 0. The fraction of sp³-hybridized carbons (Fsp3) is 0.111. The summed E-state index contributed by atoms with van der Waals surface area (Å²) in [7, 11) is 0. The van der Waals surface area contributed by atoms with Crippen LogP contribution in [0.25, 0.3) is 0 Å². The molecule has 70 valence electrons. The molecule has 0 saturated carbocycles. The molecule has 4 heteroatoms. The summed E-state index contributed by atoms with van der Waals surface area (Å²) in [5.74, 6) is 0.163. The number of hydrogen-bond acceptors (Lipinski definition) is 2. The number of rotatable bonds is 0. The molecule has 0 unspecified atom stereocenters. The molecule has 2 rings (SSSR count). The number of nitrogens with zero attached hydrogens (tertiary/aromatic N) is 1. The van der Waals surface area contributed by atoms with Crippen molar-refractivity contribution in [3.63, 3.8) is 0 Å². The molecule has 1 aliphatic rings. The maximum Gasteiger partial charge on any atom is 0.170 e. The van der Waals surface area contributed by atoms with Crippen LogP contribution in [-0.2, 0) is 0 Å². The van der Waals surface area contributed by atoms with E-state index in [0.29, 0.717) is 6.42 Å². The maximum atomic E-state index is 11.2. The van der Waals surface area contributed by atoms with Crippen molar-refractivity contribution in [3.05, 3.63) is 29.8 Å². The van der Waals surface area contributed by atoms with E-state index in [4.69, 9.17) is 0 Å². The topological polar surface area (TPSA) is 29.4 Å². The Morgan fingerprint density at radius 2 is 1.85 bits per heavy atom. The van der Waals surface area contributed by atoms with Gasteiger partial charge in [0, 0.05) is 18.2 Å². The van der Waals surface area contributed by atoms with E-state index in [1.165, 1.54) is 0 Å². The Morgan fingerprint density at radius 1 is 1.15 bits per heavy atom. The summed E-state index contributed by atoms with van der Waals surface area (Å²) in [4.78, 5) is 15.3. The van der Waals surface area contributed by atoms with Crippen LogP contribution < -0.4 is 0 Å². The summed E-state index contributed by atoms with van der Waals surface area (Å²) in [5.41, 5.74) is 1.54. The molecular formula is C9H9Cl2NO. The Hall–Kier alpha value is -0.860. The molecule has 0 radical (unpaired) electrons. The number of fused-ring (bicyclic) bond motifs is 1. The zero-order valence-corrected chi connectivity index (χ0v) is 8.40. The third kappa shape index (κ3) is 2.29. The lowest BCUT2D eigenvalue weighted by Crippen LogP contribution is -2.03. The normalized spacial score (nSPS) is 12.5. The van der Waals surface area contributed by atoms with Crippen LogP contribution in [0.15, 0.2) is 29.3 Å². The van der Waals surface area contributed by atoms with Crippen LogP contribution in [0, 0.1) is 0 Å². The Kier molecular flexibility index (Phi) is 4.67. The van der Waals surface area contributed by atoms with E-state index in [2.05, 4.69) is 4.99 Å². The van der Waals surface area contributed by atoms with Gasteiger partial charge >= 0.3 is 0 Å². The zero-order chi connectivity index (χ0) is 7.68. The molecule has 0 amide bonds. The van der Waals surface area contributed by atoms with Gasteiger partial charge in [0.15, 0.2) is 5.78 Å². The highest BCUT2D eigenvalue weighted by atomic mass is 35.5. The monoisotopic (exact) mass is 217 g/mol. The summed E-state index contributed by atoms with van der Waals surface area (Å²) >= 11 is 0. The largest absolute Gasteiger partial charge is 0.294 e. The van der Waals surface area contributed by atoms with Gasteiger partial charge in [0.2, 0.25) is 0 Å². The molecule has 0 fully saturated rings. The number of Topliss-reactive ketones (excluding diaryl/α,β-unsaturated/α-hetero) is 1. The number of hydrogen-bond donors (Lipinski definition) is 0. The first-order valence-corrected chi connectivity index (χ1v) is 3.53. The Bertz CT molecular complexity index is 336. The third-order valence-corrected chi connectivity index (χ3v) is 1.71. The van der Waals surface area contributed by atoms with Crippen LogP contribution in [0.3, 0.4) is 0 Å². The summed E-state index contributed by atoms with van der Waals surface area (Å²) in [6.07, 6.45) is 2.10. The van der Waals surface area contributed by atoms with Gasteiger partial charge in [-0.1, -0.05) is 12.1 Å². The van der Waals surface area contributed by atoms with Gasteiger partial charge in [-0.3, -0.25) is 9.79 Å². The molecule has 0 saturated heterocycles. The van der Waals surface area contributed by atoms with E-state index in [1.54, 1.807) is 6.21 Å². The smallest absolute Gasteiger partial charge is 0.170 e. The van der Waals surface area contributed by atoms with E-state index in [-0.39, 0.29) is 30.6 Å². The van der Waals surface area contributed by atoms with E-state index in [9.17, 15) is 4.79 Å². The number of carbonyl (C=O) groups excluding carboxylic acids is 1. The Balaban J connectivity index is 0.000000720. The highest BCUT2D eigenvalue weighted by molar-refractivity contribution is 6.09. The van der Waals surface area contributed by atoms with E-state index in [0.717, 1.165) is 11.3 Å². The minimum atomic E-state index is 0. The lowest BCUT2D eigenvalue weighted by Gasteiger charge is -2.06. The van der Waals surface area contributed by atoms with Crippen LogP contribution in [0.1, 0.15) is 16.8 Å². The second-order valence-electron chi connectivity index (χ2n) is 2.46. The average molecular weight is 218 g/mol. The van der Waals surface area contributed by atoms with Crippen molar-refractivity contribution in [1.29, 1.82) is 0 Å². The molecule has 0 spiro atoms. The van der Waals surface area contributed by atoms with Gasteiger partial charge in [0.05, 0.1) is 5.69 Å². The van der Waals surface area contributed by atoms with Crippen molar-refractivity contribution in [1.82, 2.24) is 0 Å². The zero-order valence-electron chi connectivity index (χ0n) is 6.77. The second kappa shape index (κ2) is 5.00. The van der Waals surface area contributed by atoms with Crippen LogP contribution in [0.4, 0.5) is 5.69 Å². The second-order valence-corrected chi connectivity index (χ2v) is 2.46. The Morgan fingerprint density at radius 3 is 2.54 bits per heavy atom. The molecule has 13 heavy (non-hydrogen) atoms. The molecule has 2 nitrogen and oxygen atoms in total. The van der Waals surface area contributed by atoms with Crippen molar-refractivity contribution in [3.8, 4) is 0 Å². The van der Waals surface area contributed by atoms with E-state index < -0.39 is 0 Å². The summed E-state index contributed by atoms with van der Waals surface area (Å²) in [6.45, 7) is 0. The average Bonchev–Trinajstić information content (AvgIpc) is 2.06. The minimum Gasteiger partial charge on any atom is -0.294 e. The molecular weight excluding hydrogens is 209 g/mol. The van der Waals surface area contributed by atoms with Crippen molar-refractivity contribution in [2.45, 2.75) is 6.42 Å². The maximum absolute atomic E-state index is 11.2. The van der Waals surface area contributed by atoms with Crippen molar-refractivity contribution < 1.29 is 4.79 Å². The fourth-order valence-corrected chi connectivity index (χ4v) is 1.16. The first kappa shape index (κ1) is 12.1. The highest BCUT2D eigenvalue weighted by Gasteiger charge is 2.11. The summed E-state index contributed by atoms with van der Waals surface area (Å²) in [5, 5.41) is 0. The number of halogens is 2. The van der Waals surface area contributed by atoms with Gasteiger partial charge in [-0.15, -0.1) is 24.8 Å². The quantitative estimate of drug-likeness (QED) is 0.658. The molecule has 1 aromatic carbocycles. The lowest BCUT2D eigenvalue weighted by molar-refractivity contribution is 0.100. The number of carbonyl (C=O) groups is 1. The van der Waals surface area contributed by atoms with E-state index >= 15 is 0 Å². The first-order chi connectivity index (χ1) is 5.38. The highest BCUT2D eigenvalue weighted by Crippen LogP contribution is 2.22. The van der Waals surface area contributed by atoms with Gasteiger partial charge in [-0.25, -0.2) is 0 Å². The molecule has 1 aliphatic heterocycles. The third-order valence-electron chi connectivity index (χ3n) is 1.71. The predicted octanol–water partition coefficient (Wildman–Crippen LogP) is 2.82. The molecule has 0 atom stereocenters. The van der Waals surface area contributed by atoms with Gasteiger partial charge in [0.1, 0.15) is 0 Å². The van der Waals surface area contributed by atoms with Gasteiger partial charge in [-0.2, -0.15) is 0 Å². The Labute approximate surface area is 88.9 Å². The first-order valence-electron chi connectivity index (χ1n) is 3.53. The van der Waals surface area contributed by atoms with Crippen LogP contribution in [0.2, 0.25) is 0 Å². The van der Waals surface area contributed by atoms with Crippen molar-refractivity contribution >= 4 is 42.5 Å². The van der Waals surface area contributed by atoms with Gasteiger partial charge in [0.25, 0.3) is 0 Å². The molecule has 1 heterocycles. The van der Waals surface area contributed by atoms with Crippen molar-refractivity contribution in [2.75, 3.05) is 0 Å². The standard InChI is InChI=1S/C9H7NO.2ClH/c11-9-5-6-10-8-4-2-1-3-7(8)9;;/h1-4,6H,5H2;2*1H. The molecule has 0 aliphatic carbocycles. The van der Waals surface area contributed by atoms with Crippen LogP contribution in [-0.4, -0.2) is 12.0 Å². The van der Waals surface area contributed by atoms with Crippen LogP contribution >= 0.6 is 24.8 Å². The summed E-state index contributed by atoms with van der Waals surface area (Å²) in [6, 6.07) is 7.41. The van der Waals surface area contributed by atoms with Gasteiger partial charge in [-0.05, 0) is 12.1 Å².